The van der Waals surface area contributed by atoms with E-state index in [4.69, 9.17) is 0 Å². The molecule has 1 aliphatic carbocycles. The van der Waals surface area contributed by atoms with Crippen LogP contribution in [0.15, 0.2) is 24.3 Å². The summed E-state index contributed by atoms with van der Waals surface area (Å²) in [5.41, 5.74) is 4.13. The topological polar surface area (TPSA) is 15.8 Å². The quantitative estimate of drug-likeness (QED) is 0.603. The van der Waals surface area contributed by atoms with Crippen molar-refractivity contribution >= 4 is 10.9 Å². The maximum absolute atomic E-state index is 3.42. The van der Waals surface area contributed by atoms with Crippen LogP contribution in [0.4, 0.5) is 0 Å². The second-order valence-electron chi connectivity index (χ2n) is 3.31. The Balaban J connectivity index is 2.44. The van der Waals surface area contributed by atoms with Crippen LogP contribution in [0.2, 0.25) is 0 Å². The van der Waals surface area contributed by atoms with Gasteiger partial charge in [0.25, 0.3) is 0 Å². The molecule has 1 aromatic carbocycles. The number of nitrogens with one attached hydrogen (secondary N) is 1. The lowest BCUT2D eigenvalue weighted by Gasteiger charge is -1.90. The first kappa shape index (κ1) is 6.30. The Kier molecular flexibility index (Phi) is 1.12. The molecular weight excluding hydrogens is 146 g/mol. The number of aromatic nitrogens is 1. The first-order valence-corrected chi connectivity index (χ1v) is 4.38. The van der Waals surface area contributed by atoms with E-state index in [0.29, 0.717) is 0 Å². The van der Waals surface area contributed by atoms with Crippen molar-refractivity contribution in [2.24, 2.45) is 0 Å². The van der Waals surface area contributed by atoms with Crippen molar-refractivity contribution in [1.82, 2.24) is 4.98 Å². The number of aromatic amines is 1. The number of aryl methyl sites for hydroxylation is 1. The van der Waals surface area contributed by atoms with Crippen LogP contribution in [0.5, 0.6) is 0 Å². The third kappa shape index (κ3) is 0.685. The zero-order chi connectivity index (χ0) is 7.97. The summed E-state index contributed by atoms with van der Waals surface area (Å²) in [6, 6.07) is 8.52. The van der Waals surface area contributed by atoms with E-state index >= 15 is 0 Å². The molecule has 0 atom stereocenters. The van der Waals surface area contributed by atoms with E-state index in [9.17, 15) is 0 Å². The summed E-state index contributed by atoms with van der Waals surface area (Å²) in [5.74, 6) is 0. The Morgan fingerprint density at radius 3 is 3.08 bits per heavy atom. The van der Waals surface area contributed by atoms with Gasteiger partial charge in [0.15, 0.2) is 0 Å². The van der Waals surface area contributed by atoms with E-state index in [1.807, 2.05) is 0 Å². The molecule has 1 heterocycles. The molecule has 1 aromatic heterocycles. The lowest BCUT2D eigenvalue weighted by molar-refractivity contribution is 1.04. The monoisotopic (exact) mass is 156 g/mol. The van der Waals surface area contributed by atoms with E-state index in [0.717, 1.165) is 0 Å². The van der Waals surface area contributed by atoms with Crippen LogP contribution in [0.3, 0.4) is 0 Å². The van der Waals surface area contributed by atoms with Gasteiger partial charge in [-0.3, -0.25) is 0 Å². The molecule has 2 aromatic rings. The fourth-order valence-electron chi connectivity index (χ4n) is 2.03. The normalized spacial score (nSPS) is 15.3. The number of fused-ring (bicyclic) bond motifs is 3. The lowest BCUT2D eigenvalue weighted by Crippen LogP contribution is -1.73. The summed E-state index contributed by atoms with van der Waals surface area (Å²) < 4.78 is 0. The van der Waals surface area contributed by atoms with Gasteiger partial charge in [0.1, 0.15) is 0 Å². The van der Waals surface area contributed by atoms with Gasteiger partial charge in [0, 0.05) is 23.0 Å². The van der Waals surface area contributed by atoms with Crippen LogP contribution in [-0.4, -0.2) is 4.98 Å². The molecule has 0 spiro atoms. The lowest BCUT2D eigenvalue weighted by atomic mass is 10.1. The highest BCUT2D eigenvalue weighted by Gasteiger charge is 2.15. The first-order chi connectivity index (χ1) is 5.95. The van der Waals surface area contributed by atoms with Gasteiger partial charge in [-0.25, -0.2) is 0 Å². The van der Waals surface area contributed by atoms with Gasteiger partial charge in [-0.15, -0.1) is 0 Å². The highest BCUT2D eigenvalue weighted by atomic mass is 14.7. The zero-order valence-electron chi connectivity index (χ0n) is 6.80. The van der Waals surface area contributed by atoms with Crippen LogP contribution in [-0.2, 0) is 6.42 Å². The SMILES string of the molecule is [CH]1CCc2c1[nH]c1ccccc21. The van der Waals surface area contributed by atoms with Crippen molar-refractivity contribution in [3.8, 4) is 0 Å². The number of H-pyrrole nitrogens is 1. The Hall–Kier alpha value is -1.24. The van der Waals surface area contributed by atoms with Crippen molar-refractivity contribution in [1.29, 1.82) is 0 Å². The standard InChI is InChI=1S/C11H10N/c1-2-6-10-8(4-1)9-5-3-7-11(9)12-10/h1-2,4,6-7,12H,3,5H2. The molecule has 0 bridgehead atoms. The fourth-order valence-corrected chi connectivity index (χ4v) is 2.03. The summed E-state index contributed by atoms with van der Waals surface area (Å²) in [4.78, 5) is 3.42. The summed E-state index contributed by atoms with van der Waals surface area (Å²) >= 11 is 0. The van der Waals surface area contributed by atoms with Gasteiger partial charge in [-0.1, -0.05) is 18.2 Å². The number of para-hydroxylation sites is 1. The highest BCUT2D eigenvalue weighted by Crippen LogP contribution is 2.30. The maximum atomic E-state index is 3.42. The van der Waals surface area contributed by atoms with Crippen molar-refractivity contribution < 1.29 is 0 Å². The molecule has 59 valence electrons. The van der Waals surface area contributed by atoms with Crippen molar-refractivity contribution in [3.05, 3.63) is 41.9 Å². The van der Waals surface area contributed by atoms with Crippen LogP contribution >= 0.6 is 0 Å². The third-order valence-corrected chi connectivity index (χ3v) is 2.59. The Morgan fingerprint density at radius 1 is 1.17 bits per heavy atom. The molecule has 12 heavy (non-hydrogen) atoms. The molecule has 0 unspecified atom stereocenters. The smallest absolute Gasteiger partial charge is 0.0459 e. The van der Waals surface area contributed by atoms with Crippen LogP contribution in [0.1, 0.15) is 17.7 Å². The van der Waals surface area contributed by atoms with Crippen LogP contribution in [0.25, 0.3) is 10.9 Å². The number of benzene rings is 1. The molecule has 1 N–H and O–H groups in total. The van der Waals surface area contributed by atoms with Gasteiger partial charge in [-0.05, 0) is 24.5 Å². The molecule has 0 fully saturated rings. The van der Waals surface area contributed by atoms with Gasteiger partial charge in [0.05, 0.1) is 0 Å². The average Bonchev–Trinajstić information content (AvgIpc) is 2.62. The zero-order valence-corrected chi connectivity index (χ0v) is 6.80. The molecule has 3 rings (SSSR count). The van der Waals surface area contributed by atoms with E-state index < -0.39 is 0 Å². The molecule has 1 nitrogen and oxygen atoms in total. The predicted octanol–water partition coefficient (Wildman–Crippen LogP) is 2.67. The summed E-state index contributed by atoms with van der Waals surface area (Å²) in [5, 5.41) is 1.40. The molecule has 1 radical (unpaired) electrons. The van der Waals surface area contributed by atoms with E-state index in [2.05, 4.69) is 35.7 Å². The summed E-state index contributed by atoms with van der Waals surface area (Å²) in [6.07, 6.45) is 4.70. The number of hydrogen-bond donors (Lipinski definition) is 1. The largest absolute Gasteiger partial charge is 0.358 e. The molecule has 0 amide bonds. The van der Waals surface area contributed by atoms with Gasteiger partial charge in [0.2, 0.25) is 0 Å². The molecule has 1 heteroatoms. The Labute approximate surface area is 71.4 Å². The van der Waals surface area contributed by atoms with E-state index in [-0.39, 0.29) is 0 Å². The summed E-state index contributed by atoms with van der Waals surface area (Å²) in [6.45, 7) is 0. The van der Waals surface area contributed by atoms with Gasteiger partial charge in [-0.2, -0.15) is 0 Å². The maximum Gasteiger partial charge on any atom is 0.0459 e. The second-order valence-corrected chi connectivity index (χ2v) is 3.31. The van der Waals surface area contributed by atoms with Crippen molar-refractivity contribution in [2.45, 2.75) is 12.8 Å². The average molecular weight is 156 g/mol. The Bertz CT molecular complexity index is 425. The second kappa shape index (κ2) is 2.13. The number of rotatable bonds is 0. The van der Waals surface area contributed by atoms with Crippen LogP contribution < -0.4 is 0 Å². The minimum Gasteiger partial charge on any atom is -0.358 e. The van der Waals surface area contributed by atoms with E-state index in [1.165, 1.54) is 35.0 Å². The number of hydrogen-bond acceptors (Lipinski definition) is 0. The first-order valence-electron chi connectivity index (χ1n) is 4.38. The third-order valence-electron chi connectivity index (χ3n) is 2.59. The molecule has 0 aliphatic heterocycles. The molecule has 0 saturated carbocycles. The minimum atomic E-state index is 1.20. The van der Waals surface area contributed by atoms with Crippen molar-refractivity contribution in [3.63, 3.8) is 0 Å². The minimum absolute atomic E-state index is 1.20. The summed E-state index contributed by atoms with van der Waals surface area (Å²) in [7, 11) is 0. The highest BCUT2D eigenvalue weighted by molar-refractivity contribution is 5.85. The fraction of sp³-hybridized carbons (Fsp3) is 0.182. The van der Waals surface area contributed by atoms with Gasteiger partial charge >= 0.3 is 0 Å². The molecular formula is C11H10N. The van der Waals surface area contributed by atoms with E-state index in [1.54, 1.807) is 0 Å². The molecule has 1 aliphatic rings. The molecule has 0 saturated heterocycles. The predicted molar refractivity (Wildman–Crippen MR) is 50.0 cm³/mol. The van der Waals surface area contributed by atoms with Crippen molar-refractivity contribution in [2.75, 3.05) is 0 Å². The van der Waals surface area contributed by atoms with Crippen LogP contribution in [0, 0.1) is 6.42 Å². The Morgan fingerprint density at radius 2 is 2.08 bits per heavy atom. The van der Waals surface area contributed by atoms with Gasteiger partial charge < -0.3 is 4.98 Å².